The average molecular weight is 290 g/mol. The van der Waals surface area contributed by atoms with E-state index in [4.69, 9.17) is 0 Å². The monoisotopic (exact) mass is 290 g/mol. The molecule has 3 aromatic rings. The van der Waals surface area contributed by atoms with E-state index in [9.17, 15) is 8.78 Å². The highest BCUT2D eigenvalue weighted by molar-refractivity contribution is 7.09. The van der Waals surface area contributed by atoms with Crippen LogP contribution in [0.2, 0.25) is 0 Å². The maximum atomic E-state index is 13.8. The van der Waals surface area contributed by atoms with Crippen LogP contribution in [0.25, 0.3) is 10.9 Å². The highest BCUT2D eigenvalue weighted by Gasteiger charge is 2.12. The Hall–Kier alpha value is -2.01. The highest BCUT2D eigenvalue weighted by Crippen LogP contribution is 2.27. The van der Waals surface area contributed by atoms with E-state index in [1.165, 1.54) is 4.88 Å². The number of nitrogens with one attached hydrogen (secondary N) is 1. The van der Waals surface area contributed by atoms with Crippen LogP contribution < -0.4 is 5.32 Å². The summed E-state index contributed by atoms with van der Waals surface area (Å²) >= 11 is 1.65. The molecule has 0 bridgehead atoms. The first-order chi connectivity index (χ1) is 9.65. The van der Waals surface area contributed by atoms with Crippen LogP contribution in [-0.2, 0) is 6.54 Å². The lowest BCUT2D eigenvalue weighted by Gasteiger charge is -2.10. The smallest absolute Gasteiger partial charge is 0.185 e. The Morgan fingerprint density at radius 1 is 1.25 bits per heavy atom. The van der Waals surface area contributed by atoms with Gasteiger partial charge in [0.1, 0.15) is 5.52 Å². The SMILES string of the molecule is Cc1cc(NCc2cccs2)c2ccc(F)c(F)c2n1. The predicted molar refractivity (Wildman–Crippen MR) is 78.0 cm³/mol. The molecule has 3 rings (SSSR count). The van der Waals surface area contributed by atoms with Crippen LogP contribution in [-0.4, -0.2) is 4.98 Å². The first-order valence-corrected chi connectivity index (χ1v) is 7.05. The molecule has 0 fully saturated rings. The van der Waals surface area contributed by atoms with Crippen molar-refractivity contribution in [1.82, 2.24) is 4.98 Å². The Bertz CT molecular complexity index is 754. The van der Waals surface area contributed by atoms with Crippen molar-refractivity contribution < 1.29 is 8.78 Å². The zero-order valence-electron chi connectivity index (χ0n) is 10.8. The Balaban J connectivity index is 2.03. The molecule has 1 N–H and O–H groups in total. The summed E-state index contributed by atoms with van der Waals surface area (Å²) in [5.41, 5.74) is 1.48. The molecule has 0 saturated carbocycles. The van der Waals surface area contributed by atoms with Crippen molar-refractivity contribution in [3.05, 3.63) is 57.9 Å². The van der Waals surface area contributed by atoms with E-state index in [1.807, 2.05) is 23.6 Å². The normalized spacial score (nSPS) is 10.9. The second-order valence-corrected chi connectivity index (χ2v) is 5.53. The number of hydrogen-bond acceptors (Lipinski definition) is 3. The van der Waals surface area contributed by atoms with E-state index in [-0.39, 0.29) is 5.52 Å². The lowest BCUT2D eigenvalue weighted by atomic mass is 10.1. The van der Waals surface area contributed by atoms with Gasteiger partial charge in [0.05, 0.1) is 0 Å². The van der Waals surface area contributed by atoms with E-state index in [2.05, 4.69) is 10.3 Å². The van der Waals surface area contributed by atoms with Crippen molar-refractivity contribution in [2.24, 2.45) is 0 Å². The van der Waals surface area contributed by atoms with Crippen molar-refractivity contribution in [2.75, 3.05) is 5.32 Å². The zero-order valence-corrected chi connectivity index (χ0v) is 11.6. The average Bonchev–Trinajstić information content (AvgIpc) is 2.94. The third-order valence-electron chi connectivity index (χ3n) is 3.03. The topological polar surface area (TPSA) is 24.9 Å². The van der Waals surface area contributed by atoms with E-state index in [1.54, 1.807) is 24.3 Å². The van der Waals surface area contributed by atoms with Gasteiger partial charge in [0.2, 0.25) is 0 Å². The number of aromatic nitrogens is 1. The number of halogens is 2. The van der Waals surface area contributed by atoms with Crippen LogP contribution in [0, 0.1) is 18.6 Å². The van der Waals surface area contributed by atoms with Gasteiger partial charge in [0.15, 0.2) is 11.6 Å². The third-order valence-corrected chi connectivity index (χ3v) is 3.91. The lowest BCUT2D eigenvalue weighted by molar-refractivity contribution is 0.515. The molecule has 0 atom stereocenters. The summed E-state index contributed by atoms with van der Waals surface area (Å²) in [6.07, 6.45) is 0. The molecule has 0 aliphatic rings. The van der Waals surface area contributed by atoms with Gasteiger partial charge in [0, 0.05) is 28.2 Å². The van der Waals surface area contributed by atoms with Gasteiger partial charge in [-0.2, -0.15) is 0 Å². The minimum atomic E-state index is -0.898. The van der Waals surface area contributed by atoms with Crippen LogP contribution in [0.1, 0.15) is 10.6 Å². The van der Waals surface area contributed by atoms with Gasteiger partial charge in [-0.25, -0.2) is 13.8 Å². The largest absolute Gasteiger partial charge is 0.380 e. The minimum Gasteiger partial charge on any atom is -0.380 e. The van der Waals surface area contributed by atoms with Gasteiger partial charge < -0.3 is 5.32 Å². The van der Waals surface area contributed by atoms with Crippen LogP contribution in [0.5, 0.6) is 0 Å². The summed E-state index contributed by atoms with van der Waals surface area (Å²) in [6, 6.07) is 8.52. The number of aryl methyl sites for hydroxylation is 1. The number of nitrogens with zero attached hydrogens (tertiary/aromatic N) is 1. The van der Waals surface area contributed by atoms with Gasteiger partial charge >= 0.3 is 0 Å². The molecule has 2 nitrogen and oxygen atoms in total. The quantitative estimate of drug-likeness (QED) is 0.768. The predicted octanol–water partition coefficient (Wildman–Crippen LogP) is 4.50. The first-order valence-electron chi connectivity index (χ1n) is 6.17. The fourth-order valence-corrected chi connectivity index (χ4v) is 2.75. The number of anilines is 1. The van der Waals surface area contributed by atoms with E-state index >= 15 is 0 Å². The van der Waals surface area contributed by atoms with Crippen LogP contribution in [0.3, 0.4) is 0 Å². The molecule has 20 heavy (non-hydrogen) atoms. The summed E-state index contributed by atoms with van der Waals surface area (Å²) < 4.78 is 27.1. The van der Waals surface area contributed by atoms with Crippen LogP contribution in [0.15, 0.2) is 35.7 Å². The second-order valence-electron chi connectivity index (χ2n) is 4.50. The minimum absolute atomic E-state index is 0.0682. The van der Waals surface area contributed by atoms with E-state index in [0.717, 1.165) is 11.8 Å². The standard InChI is InChI=1S/C15H12F2N2S/c1-9-7-13(18-8-10-3-2-6-20-10)11-4-5-12(16)14(17)15(11)19-9/h2-7H,8H2,1H3,(H,18,19). The number of thiophene rings is 1. The second kappa shape index (κ2) is 5.17. The summed E-state index contributed by atoms with van der Waals surface area (Å²) in [7, 11) is 0. The molecule has 5 heteroatoms. The van der Waals surface area contributed by atoms with Crippen molar-refractivity contribution in [3.8, 4) is 0 Å². The van der Waals surface area contributed by atoms with Crippen molar-refractivity contribution >= 4 is 27.9 Å². The summed E-state index contributed by atoms with van der Waals surface area (Å²) in [4.78, 5) is 5.27. The molecule has 0 amide bonds. The lowest BCUT2D eigenvalue weighted by Crippen LogP contribution is -2.01. The fourth-order valence-electron chi connectivity index (χ4n) is 2.10. The Kier molecular flexibility index (Phi) is 3.36. The first kappa shape index (κ1) is 13.0. The highest BCUT2D eigenvalue weighted by atomic mass is 32.1. The van der Waals surface area contributed by atoms with Crippen molar-refractivity contribution in [3.63, 3.8) is 0 Å². The van der Waals surface area contributed by atoms with E-state index in [0.29, 0.717) is 17.6 Å². The number of pyridine rings is 1. The van der Waals surface area contributed by atoms with Gasteiger partial charge in [-0.15, -0.1) is 11.3 Å². The summed E-state index contributed by atoms with van der Waals surface area (Å²) in [5.74, 6) is -1.77. The summed E-state index contributed by atoms with van der Waals surface area (Å²) in [6.45, 7) is 2.41. The molecule has 0 radical (unpaired) electrons. The number of rotatable bonds is 3. The Morgan fingerprint density at radius 2 is 2.10 bits per heavy atom. The zero-order chi connectivity index (χ0) is 14.1. The van der Waals surface area contributed by atoms with Crippen LogP contribution in [0.4, 0.5) is 14.5 Å². The molecule has 0 unspecified atom stereocenters. The van der Waals surface area contributed by atoms with Gasteiger partial charge in [-0.3, -0.25) is 0 Å². The fraction of sp³-hybridized carbons (Fsp3) is 0.133. The molecule has 1 aromatic carbocycles. The Morgan fingerprint density at radius 3 is 2.85 bits per heavy atom. The van der Waals surface area contributed by atoms with Crippen LogP contribution >= 0.6 is 11.3 Å². The van der Waals surface area contributed by atoms with Gasteiger partial charge in [0.25, 0.3) is 0 Å². The van der Waals surface area contributed by atoms with Gasteiger partial charge in [-0.1, -0.05) is 6.07 Å². The number of hydrogen-bond donors (Lipinski definition) is 1. The van der Waals surface area contributed by atoms with Crippen molar-refractivity contribution in [1.29, 1.82) is 0 Å². The van der Waals surface area contributed by atoms with Crippen molar-refractivity contribution in [2.45, 2.75) is 13.5 Å². The summed E-state index contributed by atoms with van der Waals surface area (Å²) in [5, 5.41) is 5.85. The molecule has 102 valence electrons. The maximum absolute atomic E-state index is 13.8. The van der Waals surface area contributed by atoms with E-state index < -0.39 is 11.6 Å². The van der Waals surface area contributed by atoms with Gasteiger partial charge in [-0.05, 0) is 36.6 Å². The molecule has 0 spiro atoms. The molecule has 2 aromatic heterocycles. The maximum Gasteiger partial charge on any atom is 0.185 e. The molecule has 0 aliphatic heterocycles. The number of fused-ring (bicyclic) bond motifs is 1. The molecule has 2 heterocycles. The Labute approximate surface area is 119 Å². The number of benzene rings is 1. The molecule has 0 aliphatic carbocycles. The molecular formula is C15H12F2N2S. The molecule has 0 saturated heterocycles. The third kappa shape index (κ3) is 2.36. The molecular weight excluding hydrogens is 278 g/mol.